The molecule has 124 valence electrons. The van der Waals surface area contributed by atoms with Crippen molar-refractivity contribution in [3.8, 4) is 0 Å². The van der Waals surface area contributed by atoms with E-state index in [1.165, 1.54) is 4.90 Å². The minimum atomic E-state index is -0.931. The summed E-state index contributed by atoms with van der Waals surface area (Å²) in [5, 5.41) is 11.8. The van der Waals surface area contributed by atoms with Crippen LogP contribution in [0.4, 0.5) is 0 Å². The van der Waals surface area contributed by atoms with E-state index in [4.69, 9.17) is 0 Å². The van der Waals surface area contributed by atoms with Crippen molar-refractivity contribution in [1.82, 2.24) is 10.2 Å². The summed E-state index contributed by atoms with van der Waals surface area (Å²) in [5.74, 6) is -1.23. The zero-order valence-electron chi connectivity index (χ0n) is 13.2. The van der Waals surface area contributed by atoms with Crippen molar-refractivity contribution >= 4 is 17.8 Å². The third-order valence-electron chi connectivity index (χ3n) is 4.15. The summed E-state index contributed by atoms with van der Waals surface area (Å²) in [6.45, 7) is 0.508. The van der Waals surface area contributed by atoms with Gasteiger partial charge in [-0.3, -0.25) is 9.59 Å². The van der Waals surface area contributed by atoms with Gasteiger partial charge in [0, 0.05) is 25.6 Å². The van der Waals surface area contributed by atoms with E-state index < -0.39 is 12.0 Å². The maximum atomic E-state index is 12.3. The van der Waals surface area contributed by atoms with Gasteiger partial charge in [0.25, 0.3) is 5.91 Å². The number of carbonyl (C=O) groups excluding carboxylic acids is 2. The molecule has 1 atom stereocenters. The van der Waals surface area contributed by atoms with E-state index >= 15 is 0 Å². The van der Waals surface area contributed by atoms with Crippen LogP contribution < -0.4 is 5.32 Å². The van der Waals surface area contributed by atoms with Crippen LogP contribution in [0.2, 0.25) is 0 Å². The summed E-state index contributed by atoms with van der Waals surface area (Å²) in [5.41, 5.74) is 1.45. The van der Waals surface area contributed by atoms with E-state index in [0.717, 1.165) is 18.4 Å². The number of benzene rings is 1. The Labute approximate surface area is 135 Å². The molecule has 0 unspecified atom stereocenters. The molecule has 1 saturated heterocycles. The summed E-state index contributed by atoms with van der Waals surface area (Å²) < 4.78 is 0. The van der Waals surface area contributed by atoms with Crippen molar-refractivity contribution in [2.45, 2.75) is 38.1 Å². The van der Waals surface area contributed by atoms with E-state index in [2.05, 4.69) is 5.32 Å². The van der Waals surface area contributed by atoms with Crippen molar-refractivity contribution in [3.05, 3.63) is 35.4 Å². The van der Waals surface area contributed by atoms with Gasteiger partial charge in [0.15, 0.2) is 0 Å². The molecular formula is C17H22N2O4. The number of nitrogens with zero attached hydrogens (tertiary/aromatic N) is 1. The summed E-state index contributed by atoms with van der Waals surface area (Å²) in [6.07, 6.45) is 2.96. The van der Waals surface area contributed by atoms with Gasteiger partial charge in [-0.15, -0.1) is 0 Å². The lowest BCUT2D eigenvalue weighted by atomic mass is 10.0. The number of carbonyl (C=O) groups is 3. The van der Waals surface area contributed by atoms with E-state index in [1.807, 2.05) is 6.07 Å². The minimum absolute atomic E-state index is 0.137. The van der Waals surface area contributed by atoms with Gasteiger partial charge in [-0.1, -0.05) is 12.1 Å². The molecule has 1 aromatic carbocycles. The molecule has 0 spiro atoms. The third-order valence-corrected chi connectivity index (χ3v) is 4.15. The van der Waals surface area contributed by atoms with E-state index in [9.17, 15) is 19.5 Å². The number of hydrogen-bond donors (Lipinski definition) is 2. The first-order chi connectivity index (χ1) is 11.0. The molecule has 1 aromatic rings. The number of carboxylic acids is 1. The minimum Gasteiger partial charge on any atom is -0.480 e. The summed E-state index contributed by atoms with van der Waals surface area (Å²) in [4.78, 5) is 36.7. The second-order valence-electron chi connectivity index (χ2n) is 5.72. The monoisotopic (exact) mass is 318 g/mol. The number of piperidine rings is 1. The van der Waals surface area contributed by atoms with Crippen LogP contribution in [0.25, 0.3) is 0 Å². The highest BCUT2D eigenvalue weighted by Crippen LogP contribution is 2.19. The van der Waals surface area contributed by atoms with Crippen LogP contribution in [0.5, 0.6) is 0 Å². The quantitative estimate of drug-likeness (QED) is 0.860. The fraction of sp³-hybridized carbons (Fsp3) is 0.471. The topological polar surface area (TPSA) is 86.7 Å². The van der Waals surface area contributed by atoms with Crippen LogP contribution in [0.3, 0.4) is 0 Å². The molecule has 1 fully saturated rings. The number of nitrogens with one attached hydrogen (secondary N) is 1. The Kier molecular flexibility index (Phi) is 5.73. The Balaban J connectivity index is 1.98. The van der Waals surface area contributed by atoms with Crippen LogP contribution in [0.1, 0.15) is 41.6 Å². The SMILES string of the molecule is CNC(=O)c1cccc(CCC(=O)N2CCCC[C@@H]2C(=O)O)c1. The number of amides is 2. The predicted molar refractivity (Wildman–Crippen MR) is 85.1 cm³/mol. The molecule has 1 aliphatic heterocycles. The first-order valence-corrected chi connectivity index (χ1v) is 7.86. The lowest BCUT2D eigenvalue weighted by molar-refractivity contribution is -0.152. The third kappa shape index (κ3) is 4.31. The van der Waals surface area contributed by atoms with Crippen molar-refractivity contribution in [2.24, 2.45) is 0 Å². The first kappa shape index (κ1) is 17.0. The molecule has 2 amide bonds. The zero-order valence-corrected chi connectivity index (χ0v) is 13.2. The lowest BCUT2D eigenvalue weighted by Gasteiger charge is -2.33. The average Bonchev–Trinajstić information content (AvgIpc) is 2.59. The number of hydrogen-bond acceptors (Lipinski definition) is 3. The predicted octanol–water partition coefficient (Wildman–Crippen LogP) is 1.44. The van der Waals surface area contributed by atoms with Crippen LogP contribution in [-0.2, 0) is 16.0 Å². The molecule has 23 heavy (non-hydrogen) atoms. The van der Waals surface area contributed by atoms with Gasteiger partial charge < -0.3 is 15.3 Å². The second kappa shape index (κ2) is 7.76. The van der Waals surface area contributed by atoms with Crippen LogP contribution in [0.15, 0.2) is 24.3 Å². The van der Waals surface area contributed by atoms with Crippen LogP contribution in [-0.4, -0.2) is 47.4 Å². The molecule has 2 N–H and O–H groups in total. The maximum Gasteiger partial charge on any atom is 0.326 e. The van der Waals surface area contributed by atoms with Gasteiger partial charge >= 0.3 is 5.97 Å². The number of aliphatic carboxylic acids is 1. The highest BCUT2D eigenvalue weighted by atomic mass is 16.4. The van der Waals surface area contributed by atoms with Gasteiger partial charge in [-0.05, 0) is 43.4 Å². The van der Waals surface area contributed by atoms with Crippen molar-refractivity contribution in [3.63, 3.8) is 0 Å². The van der Waals surface area contributed by atoms with E-state index in [0.29, 0.717) is 24.9 Å². The molecule has 1 aliphatic rings. The Hall–Kier alpha value is -2.37. The molecule has 6 heteroatoms. The van der Waals surface area contributed by atoms with Gasteiger partial charge in [-0.2, -0.15) is 0 Å². The lowest BCUT2D eigenvalue weighted by Crippen LogP contribution is -2.48. The normalized spacial score (nSPS) is 17.6. The number of carboxylic acid groups (broad SMARTS) is 1. The Bertz CT molecular complexity index is 600. The number of rotatable bonds is 5. The molecular weight excluding hydrogens is 296 g/mol. The van der Waals surface area contributed by atoms with Gasteiger partial charge in [0.1, 0.15) is 6.04 Å². The fourth-order valence-electron chi connectivity index (χ4n) is 2.89. The average molecular weight is 318 g/mol. The highest BCUT2D eigenvalue weighted by Gasteiger charge is 2.31. The Morgan fingerprint density at radius 1 is 1.30 bits per heavy atom. The molecule has 0 radical (unpaired) electrons. The molecule has 0 aliphatic carbocycles. The van der Waals surface area contributed by atoms with Gasteiger partial charge in [-0.25, -0.2) is 4.79 Å². The Morgan fingerprint density at radius 2 is 2.09 bits per heavy atom. The molecule has 0 saturated carbocycles. The van der Waals surface area contributed by atoms with Gasteiger partial charge in [0.05, 0.1) is 0 Å². The highest BCUT2D eigenvalue weighted by molar-refractivity contribution is 5.94. The Morgan fingerprint density at radius 3 is 2.78 bits per heavy atom. The second-order valence-corrected chi connectivity index (χ2v) is 5.72. The molecule has 1 heterocycles. The van der Waals surface area contributed by atoms with Crippen molar-refractivity contribution in [1.29, 1.82) is 0 Å². The molecule has 0 aromatic heterocycles. The van der Waals surface area contributed by atoms with Crippen LogP contribution >= 0.6 is 0 Å². The maximum absolute atomic E-state index is 12.3. The standard InChI is InChI=1S/C17H22N2O4/c1-18-16(21)13-6-4-5-12(11-13)8-9-15(20)19-10-3-2-7-14(19)17(22)23/h4-6,11,14H,2-3,7-10H2,1H3,(H,18,21)(H,22,23)/t14-/m1/s1. The smallest absolute Gasteiger partial charge is 0.326 e. The largest absolute Gasteiger partial charge is 0.480 e. The molecule has 0 bridgehead atoms. The zero-order chi connectivity index (χ0) is 16.8. The molecule has 2 rings (SSSR count). The number of aryl methyl sites for hydroxylation is 1. The first-order valence-electron chi connectivity index (χ1n) is 7.86. The van der Waals surface area contributed by atoms with Crippen molar-refractivity contribution in [2.75, 3.05) is 13.6 Å². The summed E-state index contributed by atoms with van der Waals surface area (Å²) in [6, 6.07) is 6.43. The van der Waals surface area contributed by atoms with E-state index in [-0.39, 0.29) is 18.2 Å². The summed E-state index contributed by atoms with van der Waals surface area (Å²) in [7, 11) is 1.57. The van der Waals surface area contributed by atoms with Crippen LogP contribution in [0, 0.1) is 0 Å². The van der Waals surface area contributed by atoms with Gasteiger partial charge in [0.2, 0.25) is 5.91 Å². The van der Waals surface area contributed by atoms with Crippen molar-refractivity contribution < 1.29 is 19.5 Å². The number of likely N-dealkylation sites (tertiary alicyclic amines) is 1. The summed E-state index contributed by atoms with van der Waals surface area (Å²) >= 11 is 0. The van der Waals surface area contributed by atoms with E-state index in [1.54, 1.807) is 25.2 Å². The fourth-order valence-corrected chi connectivity index (χ4v) is 2.89. The molecule has 6 nitrogen and oxygen atoms in total.